The molecule has 4 aromatic carbocycles. The van der Waals surface area contributed by atoms with Crippen LogP contribution < -0.4 is 20.3 Å². The molecule has 0 aliphatic carbocycles. The van der Waals surface area contributed by atoms with Gasteiger partial charge in [-0.2, -0.15) is 0 Å². The number of hydrogen-bond acceptors (Lipinski definition) is 5. The molecule has 2 N–H and O–H groups in total. The number of anilines is 3. The fraction of sp³-hybridized carbons (Fsp3) is 0.188. The van der Waals surface area contributed by atoms with Gasteiger partial charge in [0.2, 0.25) is 0 Å². The van der Waals surface area contributed by atoms with Crippen LogP contribution in [0.15, 0.2) is 91.0 Å². The van der Waals surface area contributed by atoms with Crippen LogP contribution in [0, 0.1) is 6.92 Å². The lowest BCUT2D eigenvalue weighted by molar-refractivity contribution is -0.274. The number of morpholine rings is 1. The highest BCUT2D eigenvalue weighted by Crippen LogP contribution is 2.28. The van der Waals surface area contributed by atoms with Crippen LogP contribution in [0.1, 0.15) is 26.3 Å². The third kappa shape index (κ3) is 7.27. The predicted molar refractivity (Wildman–Crippen MR) is 155 cm³/mol. The van der Waals surface area contributed by atoms with Crippen molar-refractivity contribution in [1.82, 2.24) is 0 Å². The number of nitrogens with zero attached hydrogens (tertiary/aromatic N) is 1. The number of carbonyl (C=O) groups excluding carboxylic acids is 2. The SMILES string of the molecule is Cc1ccc(C(=O)Nc2ccc(N3CCOCC3)cc2)cc1-c1ccc(C(=O)Nc2cccc(OC(F)(F)F)c2)cc1. The van der Waals surface area contributed by atoms with Crippen LogP contribution in [-0.2, 0) is 4.74 Å². The maximum atomic E-state index is 13.1. The maximum absolute atomic E-state index is 13.1. The van der Waals surface area contributed by atoms with E-state index in [1.165, 1.54) is 12.1 Å². The number of carbonyl (C=O) groups is 2. The average molecular weight is 576 g/mol. The Balaban J connectivity index is 1.25. The molecule has 10 heteroatoms. The Bertz CT molecular complexity index is 1570. The molecule has 2 amide bonds. The molecule has 216 valence electrons. The topological polar surface area (TPSA) is 79.9 Å². The third-order valence-corrected chi connectivity index (χ3v) is 6.78. The summed E-state index contributed by atoms with van der Waals surface area (Å²) in [4.78, 5) is 28.0. The van der Waals surface area contributed by atoms with Gasteiger partial charge in [-0.3, -0.25) is 9.59 Å². The molecule has 0 bridgehead atoms. The summed E-state index contributed by atoms with van der Waals surface area (Å²) in [5.41, 5.74) is 5.29. The monoisotopic (exact) mass is 575 g/mol. The highest BCUT2D eigenvalue weighted by molar-refractivity contribution is 6.06. The first-order chi connectivity index (χ1) is 20.1. The zero-order valence-electron chi connectivity index (χ0n) is 22.7. The van der Waals surface area contributed by atoms with Gasteiger partial charge in [-0.15, -0.1) is 13.2 Å². The quantitative estimate of drug-likeness (QED) is 0.251. The van der Waals surface area contributed by atoms with Crippen molar-refractivity contribution in [2.24, 2.45) is 0 Å². The summed E-state index contributed by atoms with van der Waals surface area (Å²) in [7, 11) is 0. The van der Waals surface area contributed by atoms with E-state index in [2.05, 4.69) is 20.3 Å². The van der Waals surface area contributed by atoms with Crippen molar-refractivity contribution in [2.45, 2.75) is 13.3 Å². The Morgan fingerprint density at radius 1 is 0.786 bits per heavy atom. The third-order valence-electron chi connectivity index (χ3n) is 6.78. The highest BCUT2D eigenvalue weighted by Gasteiger charge is 2.31. The number of benzene rings is 4. The van der Waals surface area contributed by atoms with Gasteiger partial charge in [0.05, 0.1) is 13.2 Å². The fourth-order valence-electron chi connectivity index (χ4n) is 4.63. The summed E-state index contributed by atoms with van der Waals surface area (Å²) in [5, 5.41) is 5.52. The largest absolute Gasteiger partial charge is 0.573 e. The molecule has 0 aromatic heterocycles. The van der Waals surface area contributed by atoms with E-state index in [0.717, 1.165) is 47.6 Å². The van der Waals surface area contributed by atoms with E-state index in [1.54, 1.807) is 36.4 Å². The van der Waals surface area contributed by atoms with E-state index in [4.69, 9.17) is 4.74 Å². The second kappa shape index (κ2) is 12.4. The van der Waals surface area contributed by atoms with E-state index in [9.17, 15) is 22.8 Å². The van der Waals surface area contributed by atoms with Crippen molar-refractivity contribution in [1.29, 1.82) is 0 Å². The number of alkyl halides is 3. The predicted octanol–water partition coefficient (Wildman–Crippen LogP) is 6.90. The van der Waals surface area contributed by atoms with Crippen LogP contribution in [0.3, 0.4) is 0 Å². The van der Waals surface area contributed by atoms with Crippen LogP contribution in [-0.4, -0.2) is 44.5 Å². The molecule has 1 fully saturated rings. The summed E-state index contributed by atoms with van der Waals surface area (Å²) in [6.07, 6.45) is -4.83. The number of hydrogen-bond donors (Lipinski definition) is 2. The molecule has 0 spiro atoms. The van der Waals surface area contributed by atoms with Gasteiger partial charge in [0, 0.05) is 47.3 Å². The molecule has 7 nitrogen and oxygen atoms in total. The van der Waals surface area contributed by atoms with Gasteiger partial charge in [-0.1, -0.05) is 24.3 Å². The molecule has 1 saturated heterocycles. The lowest BCUT2D eigenvalue weighted by Crippen LogP contribution is -2.36. The molecule has 0 unspecified atom stereocenters. The Morgan fingerprint density at radius 2 is 1.43 bits per heavy atom. The number of rotatable bonds is 7. The number of aryl methyl sites for hydroxylation is 1. The van der Waals surface area contributed by atoms with Gasteiger partial charge in [0.15, 0.2) is 0 Å². The Labute approximate surface area is 240 Å². The van der Waals surface area contributed by atoms with E-state index in [1.807, 2.05) is 37.3 Å². The second-order valence-electron chi connectivity index (χ2n) is 9.74. The second-order valence-corrected chi connectivity index (χ2v) is 9.74. The zero-order chi connectivity index (χ0) is 29.7. The molecule has 1 aliphatic heterocycles. The number of amides is 2. The van der Waals surface area contributed by atoms with Crippen molar-refractivity contribution in [3.8, 4) is 16.9 Å². The minimum absolute atomic E-state index is 0.163. The first-order valence-corrected chi connectivity index (χ1v) is 13.3. The maximum Gasteiger partial charge on any atom is 0.573 e. The summed E-state index contributed by atoms with van der Waals surface area (Å²) in [6.45, 7) is 4.99. The zero-order valence-corrected chi connectivity index (χ0v) is 22.7. The van der Waals surface area contributed by atoms with Gasteiger partial charge < -0.3 is 25.0 Å². The van der Waals surface area contributed by atoms with Crippen LogP contribution in [0.5, 0.6) is 5.75 Å². The lowest BCUT2D eigenvalue weighted by Gasteiger charge is -2.28. The van der Waals surface area contributed by atoms with E-state index in [-0.39, 0.29) is 11.6 Å². The number of halogens is 3. The van der Waals surface area contributed by atoms with Crippen molar-refractivity contribution in [3.05, 3.63) is 108 Å². The standard InChI is InChI=1S/C32H28F3N3O4/c1-21-5-6-24(31(40)36-25-11-13-27(14-12-25)38-15-17-41-18-16-38)19-29(21)22-7-9-23(10-8-22)30(39)37-26-3-2-4-28(20-26)42-32(33,34)35/h2-14,19-20H,15-18H2,1H3,(H,36,40)(H,37,39). The van der Waals surface area contributed by atoms with Crippen LogP contribution >= 0.6 is 0 Å². The molecule has 1 heterocycles. The van der Waals surface area contributed by atoms with Gasteiger partial charge in [-0.05, 0) is 84.3 Å². The number of nitrogens with one attached hydrogen (secondary N) is 2. The Kier molecular flexibility index (Phi) is 8.44. The van der Waals surface area contributed by atoms with Gasteiger partial charge in [0.25, 0.3) is 11.8 Å². The van der Waals surface area contributed by atoms with Crippen LogP contribution in [0.2, 0.25) is 0 Å². The molecule has 0 atom stereocenters. The van der Waals surface area contributed by atoms with E-state index in [0.29, 0.717) is 30.0 Å². The molecule has 5 rings (SSSR count). The lowest BCUT2D eigenvalue weighted by atomic mass is 9.97. The molecule has 0 radical (unpaired) electrons. The van der Waals surface area contributed by atoms with Crippen molar-refractivity contribution in [3.63, 3.8) is 0 Å². The molecular formula is C32H28F3N3O4. The summed E-state index contributed by atoms with van der Waals surface area (Å²) >= 11 is 0. The smallest absolute Gasteiger partial charge is 0.406 e. The summed E-state index contributed by atoms with van der Waals surface area (Å²) < 4.78 is 46.8. The number of ether oxygens (including phenoxy) is 2. The Morgan fingerprint density at radius 3 is 2.12 bits per heavy atom. The first kappa shape index (κ1) is 28.7. The van der Waals surface area contributed by atoms with Crippen molar-refractivity contribution in [2.75, 3.05) is 41.8 Å². The van der Waals surface area contributed by atoms with Gasteiger partial charge in [-0.25, -0.2) is 0 Å². The van der Waals surface area contributed by atoms with E-state index >= 15 is 0 Å². The molecule has 4 aromatic rings. The molecule has 0 saturated carbocycles. The van der Waals surface area contributed by atoms with Crippen molar-refractivity contribution < 1.29 is 32.2 Å². The Hall–Kier alpha value is -4.83. The van der Waals surface area contributed by atoms with Gasteiger partial charge >= 0.3 is 6.36 Å². The van der Waals surface area contributed by atoms with Crippen molar-refractivity contribution >= 4 is 28.9 Å². The summed E-state index contributed by atoms with van der Waals surface area (Å²) in [6, 6.07) is 24.9. The fourth-order valence-corrected chi connectivity index (χ4v) is 4.63. The highest BCUT2D eigenvalue weighted by atomic mass is 19.4. The molecule has 1 aliphatic rings. The van der Waals surface area contributed by atoms with E-state index < -0.39 is 18.0 Å². The molecular weight excluding hydrogens is 547 g/mol. The van der Waals surface area contributed by atoms with Crippen LogP contribution in [0.25, 0.3) is 11.1 Å². The normalized spacial score (nSPS) is 13.4. The van der Waals surface area contributed by atoms with Gasteiger partial charge in [0.1, 0.15) is 5.75 Å². The minimum Gasteiger partial charge on any atom is -0.406 e. The summed E-state index contributed by atoms with van der Waals surface area (Å²) in [5.74, 6) is -1.17. The molecule has 42 heavy (non-hydrogen) atoms. The average Bonchev–Trinajstić information content (AvgIpc) is 2.97. The van der Waals surface area contributed by atoms with Crippen LogP contribution in [0.4, 0.5) is 30.2 Å². The minimum atomic E-state index is -4.83. The first-order valence-electron chi connectivity index (χ1n) is 13.3.